The number of hydrogen-bond donors (Lipinski definition) is 1. The first-order valence-corrected chi connectivity index (χ1v) is 5.68. The van der Waals surface area contributed by atoms with E-state index in [0.29, 0.717) is 0 Å². The third-order valence-corrected chi connectivity index (χ3v) is 2.60. The molecule has 0 spiro atoms. The van der Waals surface area contributed by atoms with Gasteiger partial charge in [-0.2, -0.15) is 0 Å². The van der Waals surface area contributed by atoms with Crippen LogP contribution in [-0.4, -0.2) is 19.2 Å². The highest BCUT2D eigenvalue weighted by molar-refractivity contribution is 5.39. The second kappa shape index (κ2) is 5.91. The molecule has 0 unspecified atom stereocenters. The van der Waals surface area contributed by atoms with Crippen LogP contribution >= 0.6 is 0 Å². The van der Waals surface area contributed by atoms with Crippen LogP contribution in [-0.2, 0) is 6.54 Å². The molecule has 0 aliphatic carbocycles. The summed E-state index contributed by atoms with van der Waals surface area (Å²) in [4.78, 5) is 4.24. The van der Waals surface area contributed by atoms with Crippen molar-refractivity contribution in [3.63, 3.8) is 0 Å². The fraction of sp³-hybridized carbons (Fsp3) is 0.214. The van der Waals surface area contributed by atoms with Gasteiger partial charge in [-0.1, -0.05) is 12.1 Å². The molecule has 0 atom stereocenters. The van der Waals surface area contributed by atoms with Crippen molar-refractivity contribution in [3.05, 3.63) is 48.2 Å². The summed E-state index contributed by atoms with van der Waals surface area (Å²) in [6, 6.07) is 11.7. The summed E-state index contributed by atoms with van der Waals surface area (Å²) in [5, 5.41) is 3.24. The Hall–Kier alpha value is -2.23. The van der Waals surface area contributed by atoms with Crippen molar-refractivity contribution in [3.8, 4) is 11.5 Å². The van der Waals surface area contributed by atoms with Crippen LogP contribution in [0.15, 0.2) is 42.6 Å². The predicted octanol–water partition coefficient (Wildman–Crippen LogP) is 2.71. The third-order valence-electron chi connectivity index (χ3n) is 2.60. The number of benzene rings is 1. The van der Waals surface area contributed by atoms with Gasteiger partial charge in [0, 0.05) is 6.54 Å². The Bertz CT molecular complexity index is 433. The zero-order valence-electron chi connectivity index (χ0n) is 10.5. The van der Waals surface area contributed by atoms with Gasteiger partial charge in [0.25, 0.3) is 0 Å². The Balaban J connectivity index is 1.93. The summed E-state index contributed by atoms with van der Waals surface area (Å²) in [6.45, 7) is 0.726. The number of ether oxygens (including phenoxy) is 2. The van der Waals surface area contributed by atoms with Gasteiger partial charge in [0.05, 0.1) is 20.4 Å². The second-order valence-electron chi connectivity index (χ2n) is 3.78. The highest BCUT2D eigenvalue weighted by Gasteiger charge is 1.97. The number of aromatic nitrogens is 1. The third kappa shape index (κ3) is 3.13. The van der Waals surface area contributed by atoms with Crippen LogP contribution in [0.1, 0.15) is 5.56 Å². The van der Waals surface area contributed by atoms with Crippen molar-refractivity contribution in [1.82, 2.24) is 4.98 Å². The molecule has 0 aliphatic rings. The molecule has 2 rings (SSSR count). The van der Waals surface area contributed by atoms with Crippen molar-refractivity contribution in [2.45, 2.75) is 6.54 Å². The maximum absolute atomic E-state index is 5.11. The lowest BCUT2D eigenvalue weighted by Gasteiger charge is -2.07. The lowest BCUT2D eigenvalue weighted by molar-refractivity contribution is 0.413. The van der Waals surface area contributed by atoms with E-state index in [1.165, 1.54) is 5.56 Å². The molecule has 0 saturated heterocycles. The quantitative estimate of drug-likeness (QED) is 0.878. The predicted molar refractivity (Wildman–Crippen MR) is 71.1 cm³/mol. The number of nitrogens with one attached hydrogen (secondary N) is 1. The minimum atomic E-state index is 0.726. The standard InChI is InChI=1S/C14H16N2O2/c1-17-12-5-3-11(4-6-12)9-15-14-8-7-13(18-2)10-16-14/h3-8,10H,9H2,1-2H3,(H,15,16). The fourth-order valence-corrected chi connectivity index (χ4v) is 1.54. The molecule has 0 amide bonds. The molecule has 1 heterocycles. The van der Waals surface area contributed by atoms with Crippen molar-refractivity contribution in [2.75, 3.05) is 19.5 Å². The van der Waals surface area contributed by atoms with Gasteiger partial charge in [-0.3, -0.25) is 0 Å². The first-order chi connectivity index (χ1) is 8.81. The van der Waals surface area contributed by atoms with E-state index in [1.807, 2.05) is 36.4 Å². The van der Waals surface area contributed by atoms with Crippen molar-refractivity contribution in [2.24, 2.45) is 0 Å². The van der Waals surface area contributed by atoms with Crippen LogP contribution < -0.4 is 14.8 Å². The van der Waals surface area contributed by atoms with Gasteiger partial charge in [0.2, 0.25) is 0 Å². The molecule has 1 aromatic heterocycles. The summed E-state index contributed by atoms with van der Waals surface area (Å²) in [7, 11) is 3.29. The number of methoxy groups -OCH3 is 2. The van der Waals surface area contributed by atoms with Crippen LogP contribution in [0.5, 0.6) is 11.5 Å². The Morgan fingerprint density at radius 2 is 1.61 bits per heavy atom. The second-order valence-corrected chi connectivity index (χ2v) is 3.78. The molecular weight excluding hydrogens is 228 g/mol. The Labute approximate surface area is 107 Å². The van der Waals surface area contributed by atoms with E-state index < -0.39 is 0 Å². The number of pyridine rings is 1. The van der Waals surface area contributed by atoms with Crippen LogP contribution in [0.3, 0.4) is 0 Å². The molecule has 0 saturated carbocycles. The topological polar surface area (TPSA) is 43.4 Å². The SMILES string of the molecule is COc1ccc(CNc2ccc(OC)cn2)cc1. The average Bonchev–Trinajstić information content (AvgIpc) is 2.46. The lowest BCUT2D eigenvalue weighted by Crippen LogP contribution is -2.01. The minimum Gasteiger partial charge on any atom is -0.497 e. The monoisotopic (exact) mass is 244 g/mol. The van der Waals surface area contributed by atoms with Gasteiger partial charge in [0.1, 0.15) is 17.3 Å². The number of rotatable bonds is 5. The van der Waals surface area contributed by atoms with Crippen molar-refractivity contribution < 1.29 is 9.47 Å². The summed E-state index contributed by atoms with van der Waals surface area (Å²) in [6.07, 6.45) is 1.69. The smallest absolute Gasteiger partial charge is 0.137 e. The van der Waals surface area contributed by atoms with Crippen LogP contribution in [0.25, 0.3) is 0 Å². The van der Waals surface area contributed by atoms with E-state index >= 15 is 0 Å². The first kappa shape index (κ1) is 12.2. The molecule has 1 N–H and O–H groups in total. The van der Waals surface area contributed by atoms with Gasteiger partial charge < -0.3 is 14.8 Å². The average molecular weight is 244 g/mol. The maximum atomic E-state index is 5.11. The molecule has 0 aliphatic heterocycles. The molecule has 4 nitrogen and oxygen atoms in total. The van der Waals surface area contributed by atoms with E-state index in [-0.39, 0.29) is 0 Å². The maximum Gasteiger partial charge on any atom is 0.137 e. The van der Waals surface area contributed by atoms with E-state index in [1.54, 1.807) is 20.4 Å². The Morgan fingerprint density at radius 1 is 0.944 bits per heavy atom. The van der Waals surface area contributed by atoms with Gasteiger partial charge in [-0.25, -0.2) is 4.98 Å². The molecule has 2 aromatic rings. The van der Waals surface area contributed by atoms with Crippen LogP contribution in [0, 0.1) is 0 Å². The first-order valence-electron chi connectivity index (χ1n) is 5.68. The molecular formula is C14H16N2O2. The summed E-state index contributed by atoms with van der Waals surface area (Å²) >= 11 is 0. The normalized spacial score (nSPS) is 9.89. The van der Waals surface area contributed by atoms with Crippen molar-refractivity contribution >= 4 is 5.82 Å². The Kier molecular flexibility index (Phi) is 4.02. The number of nitrogens with zero attached hydrogens (tertiary/aromatic N) is 1. The molecule has 4 heteroatoms. The highest BCUT2D eigenvalue weighted by Crippen LogP contribution is 2.14. The van der Waals surface area contributed by atoms with Crippen molar-refractivity contribution in [1.29, 1.82) is 0 Å². The van der Waals surface area contributed by atoms with Crippen LogP contribution in [0.4, 0.5) is 5.82 Å². The van der Waals surface area contributed by atoms with Gasteiger partial charge in [-0.15, -0.1) is 0 Å². The lowest BCUT2D eigenvalue weighted by atomic mass is 10.2. The Morgan fingerprint density at radius 3 is 2.17 bits per heavy atom. The van der Waals surface area contributed by atoms with E-state index in [9.17, 15) is 0 Å². The summed E-state index contributed by atoms with van der Waals surface area (Å²) < 4.78 is 10.2. The molecule has 1 aromatic carbocycles. The van der Waals surface area contributed by atoms with E-state index in [2.05, 4.69) is 10.3 Å². The summed E-state index contributed by atoms with van der Waals surface area (Å²) in [5.74, 6) is 2.44. The number of hydrogen-bond acceptors (Lipinski definition) is 4. The van der Waals surface area contributed by atoms with E-state index in [0.717, 1.165) is 23.9 Å². The minimum absolute atomic E-state index is 0.726. The highest BCUT2D eigenvalue weighted by atomic mass is 16.5. The zero-order chi connectivity index (χ0) is 12.8. The fourth-order valence-electron chi connectivity index (χ4n) is 1.54. The zero-order valence-corrected chi connectivity index (χ0v) is 10.5. The molecule has 0 radical (unpaired) electrons. The molecule has 94 valence electrons. The van der Waals surface area contributed by atoms with Gasteiger partial charge in [0.15, 0.2) is 0 Å². The largest absolute Gasteiger partial charge is 0.497 e. The van der Waals surface area contributed by atoms with Gasteiger partial charge in [-0.05, 0) is 29.8 Å². The number of anilines is 1. The molecule has 18 heavy (non-hydrogen) atoms. The molecule has 0 fully saturated rings. The molecule has 0 bridgehead atoms. The summed E-state index contributed by atoms with van der Waals surface area (Å²) in [5.41, 5.74) is 1.17. The van der Waals surface area contributed by atoms with Gasteiger partial charge >= 0.3 is 0 Å². The van der Waals surface area contributed by atoms with Crippen LogP contribution in [0.2, 0.25) is 0 Å². The van der Waals surface area contributed by atoms with E-state index in [4.69, 9.17) is 9.47 Å².